The predicted molar refractivity (Wildman–Crippen MR) is 92.3 cm³/mol. The van der Waals surface area contributed by atoms with Gasteiger partial charge in [0.1, 0.15) is 11.4 Å². The Bertz CT molecular complexity index is 626. The highest BCUT2D eigenvalue weighted by atomic mass is 16.6. The molecule has 1 aromatic rings. The lowest BCUT2D eigenvalue weighted by Gasteiger charge is -2.36. The number of aliphatic hydroxyl groups excluding tert-OH is 1. The lowest BCUT2D eigenvalue weighted by molar-refractivity contribution is 0.0244. The molecule has 0 unspecified atom stereocenters. The second-order valence-electron chi connectivity index (χ2n) is 7.03. The summed E-state index contributed by atoms with van der Waals surface area (Å²) in [5, 5.41) is 12.7. The number of benzene rings is 1. The highest BCUT2D eigenvalue weighted by Crippen LogP contribution is 2.19. The molecule has 2 amide bonds. The van der Waals surface area contributed by atoms with Crippen molar-refractivity contribution in [2.75, 3.05) is 13.1 Å². The Morgan fingerprint density at radius 1 is 1.32 bits per heavy atom. The molecule has 0 aliphatic carbocycles. The molecule has 25 heavy (non-hydrogen) atoms. The van der Waals surface area contributed by atoms with Gasteiger partial charge in [-0.25, -0.2) is 9.59 Å². The first kappa shape index (κ1) is 19.1. The van der Waals surface area contributed by atoms with E-state index in [1.54, 1.807) is 45.0 Å². The molecule has 7 heteroatoms. The molecular formula is C18H25N2O5. The van der Waals surface area contributed by atoms with Crippen LogP contribution >= 0.6 is 0 Å². The first-order valence-electron chi connectivity index (χ1n) is 8.21. The van der Waals surface area contributed by atoms with Crippen LogP contribution in [0.5, 0.6) is 5.75 Å². The van der Waals surface area contributed by atoms with Crippen molar-refractivity contribution in [3.63, 3.8) is 0 Å². The van der Waals surface area contributed by atoms with Gasteiger partial charge in [-0.15, -0.1) is 0 Å². The number of carbonyl (C=O) groups excluding carboxylic acids is 2. The summed E-state index contributed by atoms with van der Waals surface area (Å²) in [6, 6.07) is 6.35. The summed E-state index contributed by atoms with van der Waals surface area (Å²) in [5.74, 6) is 0.385. The van der Waals surface area contributed by atoms with Crippen LogP contribution in [0.4, 0.5) is 9.59 Å². The fraction of sp³-hybridized carbons (Fsp3) is 0.500. The standard InChI is InChI=1S/C18H25N2O5/c1-12-7-5-6-8-15(12)24-17(23)20-10-9-14(21)13(11-20)19-16(22)25-18(2,3)4/h5-8,13-14,21H,1,9-11H2,2-4H3,(H,19,22)/t13-,14+/m1/s1. The van der Waals surface area contributed by atoms with Crippen molar-refractivity contribution in [2.24, 2.45) is 0 Å². The number of amides is 2. The molecule has 1 radical (unpaired) electrons. The van der Waals surface area contributed by atoms with E-state index in [0.29, 0.717) is 24.3 Å². The number of nitrogens with one attached hydrogen (secondary N) is 1. The highest BCUT2D eigenvalue weighted by molar-refractivity contribution is 5.72. The fourth-order valence-corrected chi connectivity index (χ4v) is 2.47. The van der Waals surface area contributed by atoms with E-state index in [1.807, 2.05) is 0 Å². The number of hydrogen-bond acceptors (Lipinski definition) is 5. The molecule has 0 aromatic heterocycles. The molecule has 0 saturated carbocycles. The third kappa shape index (κ3) is 5.63. The van der Waals surface area contributed by atoms with E-state index in [4.69, 9.17) is 9.47 Å². The number of aliphatic hydroxyl groups is 1. The topological polar surface area (TPSA) is 88.1 Å². The molecule has 2 N–H and O–H groups in total. The Hall–Kier alpha value is -2.28. The van der Waals surface area contributed by atoms with Gasteiger partial charge in [-0.05, 0) is 45.7 Å². The third-order valence-electron chi connectivity index (χ3n) is 3.71. The first-order valence-corrected chi connectivity index (χ1v) is 8.21. The number of alkyl carbamates (subject to hydrolysis) is 1. The van der Waals surface area contributed by atoms with Crippen molar-refractivity contribution in [1.29, 1.82) is 0 Å². The van der Waals surface area contributed by atoms with Crippen LogP contribution in [0, 0.1) is 6.92 Å². The number of rotatable bonds is 2. The monoisotopic (exact) mass is 349 g/mol. The van der Waals surface area contributed by atoms with Crippen molar-refractivity contribution < 1.29 is 24.2 Å². The minimum Gasteiger partial charge on any atom is -0.444 e. The van der Waals surface area contributed by atoms with Crippen LogP contribution in [0.2, 0.25) is 0 Å². The van der Waals surface area contributed by atoms with Crippen molar-refractivity contribution in [1.82, 2.24) is 10.2 Å². The smallest absolute Gasteiger partial charge is 0.415 e. The van der Waals surface area contributed by atoms with Crippen LogP contribution in [0.3, 0.4) is 0 Å². The summed E-state index contributed by atoms with van der Waals surface area (Å²) in [4.78, 5) is 25.7. The van der Waals surface area contributed by atoms with E-state index in [1.165, 1.54) is 4.90 Å². The van der Waals surface area contributed by atoms with Crippen LogP contribution in [0.1, 0.15) is 32.8 Å². The molecule has 2 atom stereocenters. The molecular weight excluding hydrogens is 324 g/mol. The average molecular weight is 349 g/mol. The maximum atomic E-state index is 12.3. The SMILES string of the molecule is [CH2]c1ccccc1OC(=O)N1CC[C@H](O)[C@H](NC(=O)OC(C)(C)C)C1. The molecule has 1 fully saturated rings. The Balaban J connectivity index is 1.96. The maximum Gasteiger partial charge on any atom is 0.415 e. The van der Waals surface area contributed by atoms with Gasteiger partial charge in [0.25, 0.3) is 0 Å². The first-order chi connectivity index (χ1) is 11.7. The van der Waals surface area contributed by atoms with E-state index < -0.39 is 29.9 Å². The lowest BCUT2D eigenvalue weighted by atomic mass is 10.0. The van der Waals surface area contributed by atoms with Crippen molar-refractivity contribution in [3.05, 3.63) is 36.8 Å². The molecule has 137 valence electrons. The Morgan fingerprint density at radius 3 is 2.64 bits per heavy atom. The van der Waals surface area contributed by atoms with Gasteiger partial charge in [-0.2, -0.15) is 0 Å². The van der Waals surface area contributed by atoms with Gasteiger partial charge in [0.2, 0.25) is 0 Å². The Morgan fingerprint density at radius 2 is 2.00 bits per heavy atom. The summed E-state index contributed by atoms with van der Waals surface area (Å²) in [6.45, 7) is 9.55. The molecule has 1 aliphatic heterocycles. The molecule has 1 aromatic carbocycles. The quantitative estimate of drug-likeness (QED) is 0.855. The van der Waals surface area contributed by atoms with Gasteiger partial charge in [0, 0.05) is 13.1 Å². The number of nitrogens with zero attached hydrogens (tertiary/aromatic N) is 1. The minimum atomic E-state index is -0.753. The van der Waals surface area contributed by atoms with Gasteiger partial charge in [0.15, 0.2) is 0 Å². The maximum absolute atomic E-state index is 12.3. The summed E-state index contributed by atoms with van der Waals surface area (Å²) in [7, 11) is 0. The molecule has 1 aliphatic rings. The second-order valence-corrected chi connectivity index (χ2v) is 7.03. The average Bonchev–Trinajstić information content (AvgIpc) is 2.49. The number of ether oxygens (including phenoxy) is 2. The number of piperidine rings is 1. The number of carbonyl (C=O) groups is 2. The Kier molecular flexibility index (Phi) is 5.89. The number of likely N-dealkylation sites (tertiary alicyclic amines) is 1. The summed E-state index contributed by atoms with van der Waals surface area (Å²) in [5.41, 5.74) is -0.0310. The van der Waals surface area contributed by atoms with Crippen molar-refractivity contribution >= 4 is 12.2 Å². The summed E-state index contributed by atoms with van der Waals surface area (Å²) in [6.07, 6.45) is -1.59. The van der Waals surface area contributed by atoms with Crippen molar-refractivity contribution in [2.45, 2.75) is 44.9 Å². The van der Waals surface area contributed by atoms with Crippen LogP contribution in [0.25, 0.3) is 0 Å². The van der Waals surface area contributed by atoms with E-state index in [2.05, 4.69) is 12.2 Å². The van der Waals surface area contributed by atoms with Gasteiger partial charge in [-0.1, -0.05) is 18.2 Å². The van der Waals surface area contributed by atoms with Gasteiger partial charge in [0.05, 0.1) is 12.1 Å². The molecule has 0 bridgehead atoms. The zero-order valence-electron chi connectivity index (χ0n) is 14.8. The van der Waals surface area contributed by atoms with Crippen molar-refractivity contribution in [3.8, 4) is 5.75 Å². The minimum absolute atomic E-state index is 0.137. The van der Waals surface area contributed by atoms with E-state index in [0.717, 1.165) is 0 Å². The zero-order valence-corrected chi connectivity index (χ0v) is 14.8. The zero-order chi connectivity index (χ0) is 18.6. The molecule has 1 saturated heterocycles. The van der Waals surface area contributed by atoms with Gasteiger partial charge < -0.3 is 24.8 Å². The largest absolute Gasteiger partial charge is 0.444 e. The number of para-hydroxylation sites is 1. The van der Waals surface area contributed by atoms with E-state index in [9.17, 15) is 14.7 Å². The van der Waals surface area contributed by atoms with Crippen LogP contribution in [-0.2, 0) is 4.74 Å². The number of hydrogen-bond donors (Lipinski definition) is 2. The summed E-state index contributed by atoms with van der Waals surface area (Å²) < 4.78 is 10.5. The van der Waals surface area contributed by atoms with E-state index in [-0.39, 0.29) is 6.54 Å². The highest BCUT2D eigenvalue weighted by Gasteiger charge is 2.33. The molecule has 0 spiro atoms. The normalized spacial score (nSPS) is 20.8. The van der Waals surface area contributed by atoms with Gasteiger partial charge in [-0.3, -0.25) is 0 Å². The van der Waals surface area contributed by atoms with Crippen LogP contribution in [-0.4, -0.2) is 53.0 Å². The fourth-order valence-electron chi connectivity index (χ4n) is 2.47. The molecule has 2 rings (SSSR count). The van der Waals surface area contributed by atoms with Gasteiger partial charge >= 0.3 is 12.2 Å². The predicted octanol–water partition coefficient (Wildman–Crippen LogP) is 2.33. The Labute approximate surface area is 147 Å². The van der Waals surface area contributed by atoms with E-state index >= 15 is 0 Å². The summed E-state index contributed by atoms with van der Waals surface area (Å²) >= 11 is 0. The molecule has 7 nitrogen and oxygen atoms in total. The third-order valence-corrected chi connectivity index (χ3v) is 3.71. The van der Waals surface area contributed by atoms with Crippen LogP contribution < -0.4 is 10.1 Å². The molecule has 1 heterocycles. The van der Waals surface area contributed by atoms with Crippen LogP contribution in [0.15, 0.2) is 24.3 Å². The lowest BCUT2D eigenvalue weighted by Crippen LogP contribution is -2.57. The second kappa shape index (κ2) is 7.74.